The van der Waals surface area contributed by atoms with Crippen LogP contribution in [0.5, 0.6) is 0 Å². The third-order valence-electron chi connectivity index (χ3n) is 3.56. The molecule has 0 spiro atoms. The zero-order chi connectivity index (χ0) is 17.0. The molecule has 2 aromatic rings. The Balaban J connectivity index is 1.98. The molecule has 124 valence electrons. The number of benzene rings is 2. The van der Waals surface area contributed by atoms with Gasteiger partial charge in [0.05, 0.1) is 4.90 Å². The van der Waals surface area contributed by atoms with E-state index in [2.05, 4.69) is 35.9 Å². The van der Waals surface area contributed by atoms with Crippen molar-refractivity contribution in [3.05, 3.63) is 58.7 Å². The number of rotatable bonds is 6. The van der Waals surface area contributed by atoms with Gasteiger partial charge >= 0.3 is 0 Å². The molecule has 2 rings (SSSR count). The lowest BCUT2D eigenvalue weighted by atomic mass is 10.1. The molecule has 0 saturated carbocycles. The fourth-order valence-electron chi connectivity index (χ4n) is 2.64. The summed E-state index contributed by atoms with van der Waals surface area (Å²) in [5.41, 5.74) is 3.89. The van der Waals surface area contributed by atoms with Gasteiger partial charge in [0, 0.05) is 17.2 Å². The van der Waals surface area contributed by atoms with Crippen molar-refractivity contribution in [1.29, 1.82) is 0 Å². The summed E-state index contributed by atoms with van der Waals surface area (Å²) in [6.07, 6.45) is 0. The third-order valence-corrected chi connectivity index (χ3v) is 6.34. The van der Waals surface area contributed by atoms with Crippen molar-refractivity contribution in [3.63, 3.8) is 0 Å². The van der Waals surface area contributed by atoms with Gasteiger partial charge in [0.25, 0.3) is 0 Å². The second-order valence-electron chi connectivity index (χ2n) is 5.79. The van der Waals surface area contributed by atoms with Crippen molar-refractivity contribution in [3.8, 4) is 0 Å². The number of hydrogen-bond donors (Lipinski definition) is 1. The number of nitrogens with one attached hydrogen (secondary N) is 1. The Morgan fingerprint density at radius 1 is 0.913 bits per heavy atom. The van der Waals surface area contributed by atoms with Crippen LogP contribution < -0.4 is 4.72 Å². The molecule has 0 fully saturated rings. The van der Waals surface area contributed by atoms with Crippen molar-refractivity contribution >= 4 is 21.8 Å². The summed E-state index contributed by atoms with van der Waals surface area (Å²) in [6, 6.07) is 12.0. The van der Waals surface area contributed by atoms with Crippen molar-refractivity contribution in [2.24, 2.45) is 0 Å². The van der Waals surface area contributed by atoms with Crippen LogP contribution in [0.1, 0.15) is 22.3 Å². The van der Waals surface area contributed by atoms with Gasteiger partial charge in [-0.1, -0.05) is 35.4 Å². The smallest absolute Gasteiger partial charge is 0.210 e. The predicted octanol–water partition coefficient (Wildman–Crippen LogP) is 3.99. The summed E-state index contributed by atoms with van der Waals surface area (Å²) in [5, 5.41) is 0. The van der Waals surface area contributed by atoms with E-state index in [0.717, 1.165) is 21.6 Å². The first-order valence-electron chi connectivity index (χ1n) is 7.56. The molecule has 0 atom stereocenters. The normalized spacial score (nSPS) is 11.7. The minimum absolute atomic E-state index is 0.406. The topological polar surface area (TPSA) is 46.2 Å². The number of hydrogen-bond acceptors (Lipinski definition) is 3. The number of aryl methyl sites for hydroxylation is 4. The van der Waals surface area contributed by atoms with E-state index < -0.39 is 10.0 Å². The molecule has 3 nitrogen and oxygen atoms in total. The van der Waals surface area contributed by atoms with Crippen LogP contribution in [0.25, 0.3) is 0 Å². The highest BCUT2D eigenvalue weighted by atomic mass is 32.2. The average molecular weight is 350 g/mol. The lowest BCUT2D eigenvalue weighted by molar-refractivity contribution is 0.583. The van der Waals surface area contributed by atoms with E-state index in [9.17, 15) is 8.42 Å². The first-order chi connectivity index (χ1) is 10.8. The summed E-state index contributed by atoms with van der Waals surface area (Å²) in [4.78, 5) is 1.56. The van der Waals surface area contributed by atoms with Crippen LogP contribution in [-0.2, 0) is 10.0 Å². The van der Waals surface area contributed by atoms with Crippen LogP contribution in [0.3, 0.4) is 0 Å². The van der Waals surface area contributed by atoms with Gasteiger partial charge in [-0.3, -0.25) is 0 Å². The van der Waals surface area contributed by atoms with Crippen LogP contribution in [0, 0.1) is 27.7 Å². The summed E-state index contributed by atoms with van der Waals surface area (Å²) in [7, 11) is -3.46. The maximum atomic E-state index is 12.5. The molecule has 0 amide bonds. The van der Waals surface area contributed by atoms with Crippen molar-refractivity contribution < 1.29 is 8.42 Å². The van der Waals surface area contributed by atoms with Gasteiger partial charge in [0.2, 0.25) is 10.0 Å². The lowest BCUT2D eigenvalue weighted by Crippen LogP contribution is -2.27. The van der Waals surface area contributed by atoms with Gasteiger partial charge in [0.1, 0.15) is 0 Å². The van der Waals surface area contributed by atoms with Crippen LogP contribution in [0.4, 0.5) is 0 Å². The molecular weight excluding hydrogens is 326 g/mol. The minimum Gasteiger partial charge on any atom is -0.210 e. The van der Waals surface area contributed by atoms with Gasteiger partial charge in [-0.2, -0.15) is 0 Å². The second-order valence-corrected chi connectivity index (χ2v) is 8.66. The first-order valence-corrected chi connectivity index (χ1v) is 10.0. The lowest BCUT2D eigenvalue weighted by Gasteiger charge is -2.13. The standard InChI is InChI=1S/C18H23NO2S2/c1-13-5-7-17(8-6-13)22-10-9-19-23(20,21)18-15(3)11-14(2)12-16(18)4/h5-8,11-12,19H,9-10H2,1-4H3. The van der Waals surface area contributed by atoms with Gasteiger partial charge < -0.3 is 0 Å². The largest absolute Gasteiger partial charge is 0.241 e. The van der Waals surface area contributed by atoms with Gasteiger partial charge in [-0.15, -0.1) is 11.8 Å². The quantitative estimate of drug-likeness (QED) is 0.633. The average Bonchev–Trinajstić information content (AvgIpc) is 2.44. The fraction of sp³-hybridized carbons (Fsp3) is 0.333. The third kappa shape index (κ3) is 4.83. The van der Waals surface area contributed by atoms with Gasteiger partial charge in [-0.25, -0.2) is 13.1 Å². The number of thioether (sulfide) groups is 1. The van der Waals surface area contributed by atoms with Gasteiger partial charge in [0.15, 0.2) is 0 Å². The highest BCUT2D eigenvalue weighted by molar-refractivity contribution is 7.99. The molecule has 0 heterocycles. The molecule has 0 radical (unpaired) electrons. The van der Waals surface area contributed by atoms with E-state index in [1.165, 1.54) is 5.56 Å². The Morgan fingerprint density at radius 3 is 2.04 bits per heavy atom. The van der Waals surface area contributed by atoms with Crippen LogP contribution in [0.15, 0.2) is 46.2 Å². The maximum absolute atomic E-state index is 12.5. The van der Waals surface area contributed by atoms with E-state index in [4.69, 9.17) is 0 Å². The highest BCUT2D eigenvalue weighted by Crippen LogP contribution is 2.22. The van der Waals surface area contributed by atoms with E-state index in [1.807, 2.05) is 32.9 Å². The molecule has 0 aromatic heterocycles. The SMILES string of the molecule is Cc1ccc(SCCNS(=O)(=O)c2c(C)cc(C)cc2C)cc1. The zero-order valence-electron chi connectivity index (χ0n) is 14.0. The van der Waals surface area contributed by atoms with Crippen LogP contribution in [0.2, 0.25) is 0 Å². The summed E-state index contributed by atoms with van der Waals surface area (Å²) in [6.45, 7) is 8.12. The fourth-order valence-corrected chi connectivity index (χ4v) is 5.02. The molecule has 0 bridgehead atoms. The molecule has 0 aliphatic heterocycles. The Hall–Kier alpha value is -1.30. The van der Waals surface area contributed by atoms with Crippen molar-refractivity contribution in [1.82, 2.24) is 4.72 Å². The summed E-state index contributed by atoms with van der Waals surface area (Å²) < 4.78 is 27.8. The van der Waals surface area contributed by atoms with Crippen molar-refractivity contribution in [2.75, 3.05) is 12.3 Å². The van der Waals surface area contributed by atoms with Crippen LogP contribution >= 0.6 is 11.8 Å². The monoisotopic (exact) mass is 349 g/mol. The summed E-state index contributed by atoms with van der Waals surface area (Å²) >= 11 is 1.65. The molecule has 23 heavy (non-hydrogen) atoms. The molecule has 1 N–H and O–H groups in total. The number of sulfonamides is 1. The Bertz CT molecular complexity index is 758. The van der Waals surface area contributed by atoms with Gasteiger partial charge in [-0.05, 0) is 51.0 Å². The Kier molecular flexibility index (Phi) is 5.89. The second kappa shape index (κ2) is 7.51. The van der Waals surface area contributed by atoms with E-state index in [0.29, 0.717) is 17.2 Å². The molecule has 0 saturated heterocycles. The molecule has 0 unspecified atom stereocenters. The molecule has 0 aliphatic carbocycles. The molecule has 5 heteroatoms. The first kappa shape index (κ1) is 18.0. The summed E-state index contributed by atoms with van der Waals surface area (Å²) in [5.74, 6) is 0.701. The van der Waals surface area contributed by atoms with Crippen LogP contribution in [-0.4, -0.2) is 20.7 Å². The zero-order valence-corrected chi connectivity index (χ0v) is 15.6. The van der Waals surface area contributed by atoms with E-state index in [-0.39, 0.29) is 0 Å². The van der Waals surface area contributed by atoms with E-state index >= 15 is 0 Å². The molecule has 0 aliphatic rings. The minimum atomic E-state index is -3.46. The Morgan fingerprint density at radius 2 is 1.48 bits per heavy atom. The van der Waals surface area contributed by atoms with Crippen molar-refractivity contribution in [2.45, 2.75) is 37.5 Å². The van der Waals surface area contributed by atoms with E-state index in [1.54, 1.807) is 11.8 Å². The molecular formula is C18H23NO2S2. The highest BCUT2D eigenvalue weighted by Gasteiger charge is 2.19. The predicted molar refractivity (Wildman–Crippen MR) is 97.7 cm³/mol. The molecule has 2 aromatic carbocycles. The maximum Gasteiger partial charge on any atom is 0.241 e. The Labute approximate surface area is 143 Å².